The van der Waals surface area contributed by atoms with Gasteiger partial charge in [0.15, 0.2) is 0 Å². The SMILES string of the molecule is C1=C(c2ccc3nccnc3c2)c2cnc(CC3CCC3)nc2C1. The summed E-state index contributed by atoms with van der Waals surface area (Å²) in [7, 11) is 0. The lowest BCUT2D eigenvalue weighted by molar-refractivity contribution is 0.309. The molecule has 0 aliphatic heterocycles. The second-order valence-corrected chi connectivity index (χ2v) is 6.73. The molecule has 5 rings (SSSR count). The van der Waals surface area contributed by atoms with Crippen molar-refractivity contribution in [2.24, 2.45) is 5.92 Å². The number of allylic oxidation sites excluding steroid dienone is 1. The van der Waals surface area contributed by atoms with E-state index in [4.69, 9.17) is 4.98 Å². The highest BCUT2D eigenvalue weighted by atomic mass is 14.9. The van der Waals surface area contributed by atoms with Crippen LogP contribution in [0.5, 0.6) is 0 Å². The highest BCUT2D eigenvalue weighted by molar-refractivity contribution is 5.88. The monoisotopic (exact) mass is 314 g/mol. The fraction of sp³-hybridized carbons (Fsp3) is 0.300. The fourth-order valence-corrected chi connectivity index (χ4v) is 3.61. The smallest absolute Gasteiger partial charge is 0.128 e. The molecule has 0 radical (unpaired) electrons. The molecule has 0 N–H and O–H groups in total. The number of aromatic nitrogens is 4. The first-order chi connectivity index (χ1) is 11.9. The van der Waals surface area contributed by atoms with E-state index in [1.165, 1.54) is 24.8 Å². The van der Waals surface area contributed by atoms with Gasteiger partial charge in [-0.05, 0) is 29.2 Å². The van der Waals surface area contributed by atoms with E-state index >= 15 is 0 Å². The minimum absolute atomic E-state index is 0.802. The Morgan fingerprint density at radius 3 is 2.71 bits per heavy atom. The molecule has 3 aromatic rings. The third-order valence-electron chi connectivity index (χ3n) is 5.18. The van der Waals surface area contributed by atoms with Gasteiger partial charge in [-0.15, -0.1) is 0 Å². The van der Waals surface area contributed by atoms with Gasteiger partial charge in [-0.25, -0.2) is 9.97 Å². The zero-order valence-electron chi connectivity index (χ0n) is 13.4. The number of rotatable bonds is 3. The van der Waals surface area contributed by atoms with Crippen LogP contribution < -0.4 is 0 Å². The summed E-state index contributed by atoms with van der Waals surface area (Å²) in [5, 5.41) is 0. The molecular formula is C20H18N4. The third kappa shape index (κ3) is 2.30. The lowest BCUT2D eigenvalue weighted by Crippen LogP contribution is -2.16. The minimum atomic E-state index is 0.802. The predicted molar refractivity (Wildman–Crippen MR) is 93.4 cm³/mol. The highest BCUT2D eigenvalue weighted by Crippen LogP contribution is 2.33. The summed E-state index contributed by atoms with van der Waals surface area (Å²) in [6.07, 6.45) is 13.7. The third-order valence-corrected chi connectivity index (χ3v) is 5.18. The summed E-state index contributed by atoms with van der Waals surface area (Å²) in [4.78, 5) is 18.2. The van der Waals surface area contributed by atoms with E-state index in [1.807, 2.05) is 12.3 Å². The van der Waals surface area contributed by atoms with Gasteiger partial charge in [0, 0.05) is 37.0 Å². The van der Waals surface area contributed by atoms with Crippen LogP contribution in [0.25, 0.3) is 16.6 Å². The van der Waals surface area contributed by atoms with Crippen LogP contribution in [0.1, 0.15) is 41.9 Å². The van der Waals surface area contributed by atoms with Gasteiger partial charge in [0.05, 0.1) is 16.7 Å². The van der Waals surface area contributed by atoms with Crippen LogP contribution >= 0.6 is 0 Å². The van der Waals surface area contributed by atoms with Crippen LogP contribution in [0.15, 0.2) is 42.9 Å². The summed E-state index contributed by atoms with van der Waals surface area (Å²) >= 11 is 0. The number of hydrogen-bond donors (Lipinski definition) is 0. The summed E-state index contributed by atoms with van der Waals surface area (Å²) in [5.74, 6) is 1.81. The van der Waals surface area contributed by atoms with Crippen molar-refractivity contribution in [2.75, 3.05) is 0 Å². The predicted octanol–water partition coefficient (Wildman–Crippen LogP) is 3.75. The first kappa shape index (κ1) is 13.8. The first-order valence-electron chi connectivity index (χ1n) is 8.63. The molecule has 2 heterocycles. The zero-order chi connectivity index (χ0) is 15.9. The van der Waals surface area contributed by atoms with E-state index in [1.54, 1.807) is 12.4 Å². The molecule has 2 aromatic heterocycles. The second-order valence-electron chi connectivity index (χ2n) is 6.73. The van der Waals surface area contributed by atoms with Gasteiger partial charge in [-0.3, -0.25) is 9.97 Å². The molecule has 4 heteroatoms. The molecule has 1 saturated carbocycles. The van der Waals surface area contributed by atoms with Crippen molar-refractivity contribution in [3.63, 3.8) is 0 Å². The average molecular weight is 314 g/mol. The van der Waals surface area contributed by atoms with Gasteiger partial charge in [0.25, 0.3) is 0 Å². The Morgan fingerprint density at radius 1 is 1.00 bits per heavy atom. The number of hydrogen-bond acceptors (Lipinski definition) is 4. The molecule has 1 fully saturated rings. The summed E-state index contributed by atoms with van der Waals surface area (Å²) in [6.45, 7) is 0. The molecule has 0 atom stereocenters. The van der Waals surface area contributed by atoms with E-state index in [0.717, 1.165) is 52.4 Å². The Hall–Kier alpha value is -2.62. The van der Waals surface area contributed by atoms with Crippen molar-refractivity contribution in [1.29, 1.82) is 0 Å². The molecular weight excluding hydrogens is 296 g/mol. The quantitative estimate of drug-likeness (QED) is 0.739. The second kappa shape index (κ2) is 5.48. The highest BCUT2D eigenvalue weighted by Gasteiger charge is 2.22. The maximum absolute atomic E-state index is 4.82. The Morgan fingerprint density at radius 2 is 1.88 bits per heavy atom. The number of benzene rings is 1. The maximum Gasteiger partial charge on any atom is 0.128 e. The average Bonchev–Trinajstić information content (AvgIpc) is 3.01. The van der Waals surface area contributed by atoms with Crippen LogP contribution in [0.4, 0.5) is 0 Å². The lowest BCUT2D eigenvalue weighted by atomic mass is 9.83. The molecule has 1 aromatic carbocycles. The van der Waals surface area contributed by atoms with Crippen molar-refractivity contribution < 1.29 is 0 Å². The Kier molecular flexibility index (Phi) is 3.15. The number of fused-ring (bicyclic) bond motifs is 2. The largest absolute Gasteiger partial charge is 0.253 e. The molecule has 0 amide bonds. The van der Waals surface area contributed by atoms with Crippen molar-refractivity contribution in [2.45, 2.75) is 32.1 Å². The van der Waals surface area contributed by atoms with Gasteiger partial charge in [-0.1, -0.05) is 31.4 Å². The summed E-state index contributed by atoms with van der Waals surface area (Å²) in [6, 6.07) is 6.24. The van der Waals surface area contributed by atoms with Gasteiger partial charge in [-0.2, -0.15) is 0 Å². The topological polar surface area (TPSA) is 51.6 Å². The van der Waals surface area contributed by atoms with Crippen LogP contribution in [0.2, 0.25) is 0 Å². The van der Waals surface area contributed by atoms with Gasteiger partial charge < -0.3 is 0 Å². The van der Waals surface area contributed by atoms with Crippen molar-refractivity contribution >= 4 is 16.6 Å². The molecule has 2 aliphatic carbocycles. The van der Waals surface area contributed by atoms with E-state index in [-0.39, 0.29) is 0 Å². The minimum Gasteiger partial charge on any atom is -0.253 e. The van der Waals surface area contributed by atoms with E-state index in [2.05, 4.69) is 33.2 Å². The van der Waals surface area contributed by atoms with Crippen molar-refractivity contribution in [3.05, 3.63) is 65.5 Å². The van der Waals surface area contributed by atoms with Gasteiger partial charge in [0.2, 0.25) is 0 Å². The molecule has 4 nitrogen and oxygen atoms in total. The van der Waals surface area contributed by atoms with Gasteiger partial charge in [0.1, 0.15) is 5.82 Å². The normalized spacial score (nSPS) is 16.8. The molecule has 2 aliphatic rings. The van der Waals surface area contributed by atoms with Gasteiger partial charge >= 0.3 is 0 Å². The fourth-order valence-electron chi connectivity index (χ4n) is 3.61. The van der Waals surface area contributed by atoms with Crippen LogP contribution in [-0.2, 0) is 12.8 Å². The molecule has 0 spiro atoms. The molecule has 118 valence electrons. The summed E-state index contributed by atoms with van der Waals surface area (Å²) in [5.41, 5.74) is 6.55. The molecule has 0 unspecified atom stereocenters. The summed E-state index contributed by atoms with van der Waals surface area (Å²) < 4.78 is 0. The zero-order valence-corrected chi connectivity index (χ0v) is 13.4. The Labute approximate surface area is 140 Å². The van der Waals surface area contributed by atoms with Crippen LogP contribution in [0, 0.1) is 5.92 Å². The lowest BCUT2D eigenvalue weighted by Gasteiger charge is -2.24. The van der Waals surface area contributed by atoms with Crippen molar-refractivity contribution in [3.8, 4) is 0 Å². The molecule has 0 saturated heterocycles. The van der Waals surface area contributed by atoms with Crippen molar-refractivity contribution in [1.82, 2.24) is 19.9 Å². The Balaban J connectivity index is 1.48. The molecule has 0 bridgehead atoms. The number of nitrogens with zero attached hydrogens (tertiary/aromatic N) is 4. The van der Waals surface area contributed by atoms with Crippen LogP contribution in [-0.4, -0.2) is 19.9 Å². The van der Waals surface area contributed by atoms with E-state index in [9.17, 15) is 0 Å². The van der Waals surface area contributed by atoms with E-state index < -0.39 is 0 Å². The Bertz CT molecular complexity index is 957. The van der Waals surface area contributed by atoms with E-state index in [0.29, 0.717) is 0 Å². The maximum atomic E-state index is 4.82. The first-order valence-corrected chi connectivity index (χ1v) is 8.63. The standard InChI is InChI=1S/C20H18N4/c1-2-13(3-1)10-20-23-12-16-15(5-7-17(16)24-20)14-4-6-18-19(11-14)22-9-8-21-18/h4-6,8-9,11-13H,1-3,7,10H2. The van der Waals surface area contributed by atoms with Crippen LogP contribution in [0.3, 0.4) is 0 Å². The molecule has 24 heavy (non-hydrogen) atoms.